The molecule has 2 aromatic rings. The van der Waals surface area contributed by atoms with E-state index in [0.29, 0.717) is 12.1 Å². The van der Waals surface area contributed by atoms with Gasteiger partial charge in [0.05, 0.1) is 6.10 Å². The lowest BCUT2D eigenvalue weighted by atomic mass is 10.1. The molecule has 0 spiro atoms. The van der Waals surface area contributed by atoms with Crippen LogP contribution in [0, 0.1) is 13.8 Å². The molecule has 0 saturated carbocycles. The molecule has 0 bridgehead atoms. The molecular formula is C21H24N2O3S. The van der Waals surface area contributed by atoms with Crippen LogP contribution in [0.1, 0.15) is 39.2 Å². The quantitative estimate of drug-likeness (QED) is 0.750. The predicted molar refractivity (Wildman–Crippen MR) is 108 cm³/mol. The van der Waals surface area contributed by atoms with Gasteiger partial charge >= 0.3 is 0 Å². The Morgan fingerprint density at radius 3 is 2.78 bits per heavy atom. The van der Waals surface area contributed by atoms with Crippen molar-refractivity contribution in [3.8, 4) is 0 Å². The van der Waals surface area contributed by atoms with Crippen molar-refractivity contribution in [2.24, 2.45) is 0 Å². The topological polar surface area (TPSA) is 67.4 Å². The monoisotopic (exact) mass is 384 g/mol. The molecule has 6 heteroatoms. The van der Waals surface area contributed by atoms with Gasteiger partial charge in [0.15, 0.2) is 0 Å². The number of hydrogen-bond acceptors (Lipinski definition) is 4. The van der Waals surface area contributed by atoms with E-state index in [9.17, 15) is 9.59 Å². The lowest BCUT2D eigenvalue weighted by Gasteiger charge is -2.14. The maximum absolute atomic E-state index is 12.7. The van der Waals surface area contributed by atoms with E-state index < -0.39 is 0 Å². The second-order valence-electron chi connectivity index (χ2n) is 6.67. The Kier molecular flexibility index (Phi) is 6.42. The molecule has 1 atom stereocenters. The molecule has 0 radical (unpaired) electrons. The zero-order valence-electron chi connectivity index (χ0n) is 15.6. The van der Waals surface area contributed by atoms with Gasteiger partial charge in [-0.15, -0.1) is 11.3 Å². The molecule has 1 saturated heterocycles. The highest BCUT2D eigenvalue weighted by Crippen LogP contribution is 2.15. The summed E-state index contributed by atoms with van der Waals surface area (Å²) in [6.45, 7) is 5.14. The number of thiophene rings is 1. The van der Waals surface area contributed by atoms with Gasteiger partial charge in [-0.2, -0.15) is 0 Å². The molecule has 1 aliphatic rings. The van der Waals surface area contributed by atoms with E-state index in [4.69, 9.17) is 4.74 Å². The summed E-state index contributed by atoms with van der Waals surface area (Å²) in [5.41, 5.74) is 2.92. The first-order chi connectivity index (χ1) is 13.0. The molecule has 2 amide bonds. The molecule has 27 heavy (non-hydrogen) atoms. The van der Waals surface area contributed by atoms with Gasteiger partial charge in [0.1, 0.15) is 5.70 Å². The van der Waals surface area contributed by atoms with Gasteiger partial charge in [0, 0.05) is 23.6 Å². The number of carbonyl (C=O) groups excluding carboxylic acids is 2. The highest BCUT2D eigenvalue weighted by atomic mass is 32.1. The van der Waals surface area contributed by atoms with Crippen LogP contribution in [0.5, 0.6) is 0 Å². The summed E-state index contributed by atoms with van der Waals surface area (Å²) in [5, 5.41) is 7.57. The van der Waals surface area contributed by atoms with Gasteiger partial charge in [-0.1, -0.05) is 12.1 Å². The first kappa shape index (κ1) is 19.3. The van der Waals surface area contributed by atoms with Crippen LogP contribution in [0.3, 0.4) is 0 Å². The maximum Gasteiger partial charge on any atom is 0.267 e. The smallest absolute Gasteiger partial charge is 0.267 e. The fourth-order valence-electron chi connectivity index (χ4n) is 2.86. The third-order valence-corrected chi connectivity index (χ3v) is 5.43. The van der Waals surface area contributed by atoms with E-state index in [1.165, 1.54) is 11.3 Å². The minimum Gasteiger partial charge on any atom is -0.376 e. The van der Waals surface area contributed by atoms with Crippen LogP contribution in [0.15, 0.2) is 41.4 Å². The second kappa shape index (κ2) is 8.97. The summed E-state index contributed by atoms with van der Waals surface area (Å²) in [4.78, 5) is 26.2. The molecule has 1 aromatic heterocycles. The zero-order valence-corrected chi connectivity index (χ0v) is 16.4. The predicted octanol–water partition coefficient (Wildman–Crippen LogP) is 3.43. The van der Waals surface area contributed by atoms with Crippen molar-refractivity contribution < 1.29 is 14.3 Å². The van der Waals surface area contributed by atoms with Crippen molar-refractivity contribution in [3.05, 3.63) is 63.0 Å². The van der Waals surface area contributed by atoms with Crippen LogP contribution < -0.4 is 10.6 Å². The number of carbonyl (C=O) groups is 2. The van der Waals surface area contributed by atoms with E-state index in [0.717, 1.165) is 35.5 Å². The normalized spacial score (nSPS) is 17.0. The zero-order chi connectivity index (χ0) is 19.2. The number of aryl methyl sites for hydroxylation is 2. The second-order valence-corrected chi connectivity index (χ2v) is 7.65. The minimum absolute atomic E-state index is 0.0485. The fourth-order valence-corrected chi connectivity index (χ4v) is 3.52. The molecule has 0 aliphatic carbocycles. The Labute approximate surface area is 163 Å². The van der Waals surface area contributed by atoms with Crippen LogP contribution in [-0.2, 0) is 9.53 Å². The third-order valence-electron chi connectivity index (χ3n) is 4.61. The van der Waals surface area contributed by atoms with Crippen molar-refractivity contribution in [1.82, 2.24) is 10.6 Å². The molecule has 2 N–H and O–H groups in total. The van der Waals surface area contributed by atoms with Crippen LogP contribution in [0.4, 0.5) is 0 Å². The summed E-state index contributed by atoms with van der Waals surface area (Å²) < 4.78 is 5.54. The number of hydrogen-bond donors (Lipinski definition) is 2. The highest BCUT2D eigenvalue weighted by molar-refractivity contribution is 7.10. The summed E-state index contributed by atoms with van der Waals surface area (Å²) in [7, 11) is 0. The van der Waals surface area contributed by atoms with E-state index in [-0.39, 0.29) is 23.6 Å². The first-order valence-electron chi connectivity index (χ1n) is 9.06. The number of ether oxygens (including phenoxy) is 1. The molecule has 1 unspecified atom stereocenters. The van der Waals surface area contributed by atoms with Crippen LogP contribution in [0.25, 0.3) is 6.08 Å². The molecule has 142 valence electrons. The molecule has 1 fully saturated rings. The number of nitrogens with one attached hydrogen (secondary N) is 2. The number of rotatable bonds is 6. The van der Waals surface area contributed by atoms with E-state index in [1.807, 2.05) is 43.5 Å². The van der Waals surface area contributed by atoms with Gasteiger partial charge in [-0.25, -0.2) is 0 Å². The lowest BCUT2D eigenvalue weighted by Crippen LogP contribution is -2.38. The van der Waals surface area contributed by atoms with E-state index in [1.54, 1.807) is 12.1 Å². The molecular weight excluding hydrogens is 360 g/mol. The number of benzene rings is 1. The van der Waals surface area contributed by atoms with Crippen LogP contribution in [0.2, 0.25) is 0 Å². The van der Waals surface area contributed by atoms with Gasteiger partial charge < -0.3 is 15.4 Å². The van der Waals surface area contributed by atoms with Gasteiger partial charge in [-0.3, -0.25) is 9.59 Å². The first-order valence-corrected chi connectivity index (χ1v) is 9.94. The molecule has 2 heterocycles. The van der Waals surface area contributed by atoms with E-state index in [2.05, 4.69) is 10.6 Å². The van der Waals surface area contributed by atoms with Gasteiger partial charge in [0.2, 0.25) is 0 Å². The Hall–Kier alpha value is -2.44. The Morgan fingerprint density at radius 1 is 1.26 bits per heavy atom. The molecule has 1 aromatic carbocycles. The molecule has 5 nitrogen and oxygen atoms in total. The molecule has 3 rings (SSSR count). The fraction of sp³-hybridized carbons (Fsp3) is 0.333. The van der Waals surface area contributed by atoms with Crippen molar-refractivity contribution in [3.63, 3.8) is 0 Å². The van der Waals surface area contributed by atoms with Crippen LogP contribution >= 0.6 is 11.3 Å². The summed E-state index contributed by atoms with van der Waals surface area (Å²) in [6.07, 6.45) is 3.71. The average Bonchev–Trinajstić information content (AvgIpc) is 3.35. The van der Waals surface area contributed by atoms with Crippen molar-refractivity contribution >= 4 is 29.2 Å². The lowest BCUT2D eigenvalue weighted by molar-refractivity contribution is -0.118. The summed E-state index contributed by atoms with van der Waals surface area (Å²) >= 11 is 1.51. The maximum atomic E-state index is 12.7. The third kappa shape index (κ3) is 5.28. The minimum atomic E-state index is -0.309. The number of amides is 2. The molecule has 1 aliphatic heterocycles. The largest absolute Gasteiger partial charge is 0.376 e. The van der Waals surface area contributed by atoms with E-state index >= 15 is 0 Å². The van der Waals surface area contributed by atoms with Crippen molar-refractivity contribution in [2.75, 3.05) is 13.2 Å². The van der Waals surface area contributed by atoms with Crippen molar-refractivity contribution in [1.29, 1.82) is 0 Å². The summed E-state index contributed by atoms with van der Waals surface area (Å²) in [5.74, 6) is -0.607. The van der Waals surface area contributed by atoms with Gasteiger partial charge in [-0.05, 0) is 67.5 Å². The highest BCUT2D eigenvalue weighted by Gasteiger charge is 2.19. The van der Waals surface area contributed by atoms with Crippen molar-refractivity contribution in [2.45, 2.75) is 32.8 Å². The summed E-state index contributed by atoms with van der Waals surface area (Å²) in [6, 6.07) is 9.32. The average molecular weight is 385 g/mol. The SMILES string of the molecule is Cc1ccc(C(=O)N/C(=C\c2cccs2)C(=O)NCC2CCCO2)cc1C. The standard InChI is InChI=1S/C21H24N2O3S/c1-14-7-8-16(11-15(14)2)20(24)23-19(12-18-6-4-10-27-18)21(25)22-13-17-5-3-9-26-17/h4,6-8,10-12,17H,3,5,9,13H2,1-2H3,(H,22,25)(H,23,24)/b19-12-. The Bertz CT molecular complexity index is 837. The van der Waals surface area contributed by atoms with Gasteiger partial charge in [0.25, 0.3) is 11.8 Å². The Balaban J connectivity index is 1.73. The van der Waals surface area contributed by atoms with Crippen LogP contribution in [-0.4, -0.2) is 31.1 Å². The Morgan fingerprint density at radius 2 is 2.11 bits per heavy atom.